The third kappa shape index (κ3) is 2.91. The van der Waals surface area contributed by atoms with Crippen molar-refractivity contribution in [3.8, 4) is 5.75 Å². The summed E-state index contributed by atoms with van der Waals surface area (Å²) in [5.41, 5.74) is 6.26. The third-order valence-corrected chi connectivity index (χ3v) is 2.94. The van der Waals surface area contributed by atoms with Crippen LogP contribution in [0, 0.1) is 0 Å². The van der Waals surface area contributed by atoms with Crippen LogP contribution in [0.4, 0.5) is 13.2 Å². The normalized spacial score (nSPS) is 13.1. The van der Waals surface area contributed by atoms with E-state index in [1.807, 2.05) is 0 Å². The summed E-state index contributed by atoms with van der Waals surface area (Å²) in [4.78, 5) is 3.89. The van der Waals surface area contributed by atoms with Crippen molar-refractivity contribution in [3.05, 3.63) is 59.4 Å². The molecule has 0 fully saturated rings. The molecule has 6 heteroatoms. The molecule has 1 aromatic heterocycles. The number of alkyl halides is 3. The molecule has 1 unspecified atom stereocenters. The number of benzene rings is 1. The lowest BCUT2D eigenvalue weighted by atomic mass is 9.98. The van der Waals surface area contributed by atoms with Crippen LogP contribution in [-0.4, -0.2) is 12.1 Å². The summed E-state index contributed by atoms with van der Waals surface area (Å²) in [5, 5.41) is 0. The number of hydrogen-bond acceptors (Lipinski definition) is 3. The molecule has 1 heterocycles. The van der Waals surface area contributed by atoms with Gasteiger partial charge in [-0.3, -0.25) is 4.98 Å². The first kappa shape index (κ1) is 14.3. The van der Waals surface area contributed by atoms with E-state index in [1.165, 1.54) is 25.6 Å². The first-order chi connectivity index (χ1) is 9.43. The van der Waals surface area contributed by atoms with Gasteiger partial charge in [-0.05, 0) is 23.8 Å². The molecule has 0 radical (unpaired) electrons. The Morgan fingerprint density at radius 3 is 2.65 bits per heavy atom. The zero-order chi connectivity index (χ0) is 14.8. The summed E-state index contributed by atoms with van der Waals surface area (Å²) >= 11 is 0. The van der Waals surface area contributed by atoms with E-state index in [0.29, 0.717) is 16.9 Å². The Bertz CT molecular complexity index is 599. The Morgan fingerprint density at radius 2 is 2.00 bits per heavy atom. The third-order valence-electron chi connectivity index (χ3n) is 2.94. The van der Waals surface area contributed by atoms with Crippen LogP contribution in [0.1, 0.15) is 22.7 Å². The number of methoxy groups -OCH3 is 1. The molecule has 1 atom stereocenters. The average molecular weight is 282 g/mol. The number of aromatic nitrogens is 1. The highest BCUT2D eigenvalue weighted by Crippen LogP contribution is 2.33. The van der Waals surface area contributed by atoms with Gasteiger partial charge in [-0.15, -0.1) is 0 Å². The Labute approximate surface area is 114 Å². The van der Waals surface area contributed by atoms with Gasteiger partial charge in [-0.1, -0.05) is 12.1 Å². The van der Waals surface area contributed by atoms with Crippen molar-refractivity contribution in [1.29, 1.82) is 0 Å². The summed E-state index contributed by atoms with van der Waals surface area (Å²) in [6, 6.07) is 5.87. The molecule has 0 amide bonds. The molecule has 3 nitrogen and oxygen atoms in total. The Morgan fingerprint density at radius 1 is 1.25 bits per heavy atom. The summed E-state index contributed by atoms with van der Waals surface area (Å²) in [6.07, 6.45) is -1.40. The molecule has 0 bridgehead atoms. The molecule has 20 heavy (non-hydrogen) atoms. The Hall–Kier alpha value is -2.08. The van der Waals surface area contributed by atoms with Gasteiger partial charge in [0.1, 0.15) is 5.75 Å². The van der Waals surface area contributed by atoms with Gasteiger partial charge in [-0.25, -0.2) is 0 Å². The number of halogens is 3. The van der Waals surface area contributed by atoms with E-state index in [4.69, 9.17) is 10.5 Å². The second-order valence-corrected chi connectivity index (χ2v) is 4.22. The molecule has 2 N–H and O–H groups in total. The number of ether oxygens (including phenoxy) is 1. The van der Waals surface area contributed by atoms with Crippen LogP contribution >= 0.6 is 0 Å². The molecule has 0 aliphatic heterocycles. The van der Waals surface area contributed by atoms with E-state index in [9.17, 15) is 13.2 Å². The van der Waals surface area contributed by atoms with E-state index in [0.717, 1.165) is 12.1 Å². The lowest BCUT2D eigenvalue weighted by molar-refractivity contribution is -0.137. The minimum atomic E-state index is -4.39. The van der Waals surface area contributed by atoms with Gasteiger partial charge >= 0.3 is 6.18 Å². The van der Waals surface area contributed by atoms with Crippen molar-refractivity contribution in [3.63, 3.8) is 0 Å². The predicted molar refractivity (Wildman–Crippen MR) is 68.3 cm³/mol. The SMILES string of the molecule is COc1cnccc1C(N)c1cccc(C(F)(F)F)c1. The molecule has 106 valence electrons. The molecule has 0 aliphatic carbocycles. The van der Waals surface area contributed by atoms with E-state index in [1.54, 1.807) is 12.1 Å². The van der Waals surface area contributed by atoms with Gasteiger partial charge in [-0.2, -0.15) is 13.2 Å². The van der Waals surface area contributed by atoms with Gasteiger partial charge in [0.2, 0.25) is 0 Å². The summed E-state index contributed by atoms with van der Waals surface area (Å²) in [6.45, 7) is 0. The topological polar surface area (TPSA) is 48.1 Å². The van der Waals surface area contributed by atoms with Gasteiger partial charge in [0.05, 0.1) is 24.9 Å². The molecular formula is C14H13F3N2O. The molecule has 0 spiro atoms. The van der Waals surface area contributed by atoms with Gasteiger partial charge in [0.15, 0.2) is 0 Å². The fraction of sp³-hybridized carbons (Fsp3) is 0.214. The van der Waals surface area contributed by atoms with E-state index in [-0.39, 0.29) is 0 Å². The predicted octanol–water partition coefficient (Wildman–Crippen LogP) is 3.16. The Kier molecular flexibility index (Phi) is 3.94. The fourth-order valence-corrected chi connectivity index (χ4v) is 1.91. The van der Waals surface area contributed by atoms with E-state index < -0.39 is 17.8 Å². The van der Waals surface area contributed by atoms with Gasteiger partial charge < -0.3 is 10.5 Å². The molecule has 2 aromatic rings. The summed E-state index contributed by atoms with van der Waals surface area (Å²) in [7, 11) is 1.46. The lowest BCUT2D eigenvalue weighted by Crippen LogP contribution is -2.14. The highest BCUT2D eigenvalue weighted by molar-refractivity contribution is 5.40. The van der Waals surface area contributed by atoms with Crippen LogP contribution in [0.25, 0.3) is 0 Å². The number of nitrogens with zero attached hydrogens (tertiary/aromatic N) is 1. The maximum Gasteiger partial charge on any atom is 0.416 e. The zero-order valence-electron chi connectivity index (χ0n) is 10.7. The van der Waals surface area contributed by atoms with Crippen molar-refractivity contribution in [2.24, 2.45) is 5.73 Å². The number of nitrogens with two attached hydrogens (primary N) is 1. The van der Waals surface area contributed by atoms with Crippen molar-refractivity contribution < 1.29 is 17.9 Å². The van der Waals surface area contributed by atoms with Crippen LogP contribution in [0.2, 0.25) is 0 Å². The number of hydrogen-bond donors (Lipinski definition) is 1. The lowest BCUT2D eigenvalue weighted by Gasteiger charge is -2.17. The van der Waals surface area contributed by atoms with Crippen LogP contribution < -0.4 is 10.5 Å². The maximum absolute atomic E-state index is 12.7. The molecule has 0 aliphatic rings. The fourth-order valence-electron chi connectivity index (χ4n) is 1.91. The van der Waals surface area contributed by atoms with Crippen molar-refractivity contribution >= 4 is 0 Å². The maximum atomic E-state index is 12.7. The quantitative estimate of drug-likeness (QED) is 0.940. The van der Waals surface area contributed by atoms with Crippen molar-refractivity contribution in [2.75, 3.05) is 7.11 Å². The van der Waals surface area contributed by atoms with Crippen molar-refractivity contribution in [2.45, 2.75) is 12.2 Å². The Balaban J connectivity index is 2.41. The van der Waals surface area contributed by atoms with Gasteiger partial charge in [0.25, 0.3) is 0 Å². The molecule has 1 aromatic carbocycles. The minimum Gasteiger partial charge on any atom is -0.495 e. The smallest absolute Gasteiger partial charge is 0.416 e. The first-order valence-electron chi connectivity index (χ1n) is 5.84. The number of rotatable bonds is 3. The van der Waals surface area contributed by atoms with E-state index in [2.05, 4.69) is 4.98 Å². The zero-order valence-corrected chi connectivity index (χ0v) is 10.7. The summed E-state index contributed by atoms with van der Waals surface area (Å²) in [5.74, 6) is 0.442. The van der Waals surface area contributed by atoms with E-state index >= 15 is 0 Å². The average Bonchev–Trinajstić information content (AvgIpc) is 2.45. The molecule has 0 saturated heterocycles. The summed E-state index contributed by atoms with van der Waals surface area (Å²) < 4.78 is 43.2. The first-order valence-corrected chi connectivity index (χ1v) is 5.84. The van der Waals surface area contributed by atoms with Gasteiger partial charge in [0, 0.05) is 11.8 Å². The highest BCUT2D eigenvalue weighted by atomic mass is 19.4. The molecule has 0 saturated carbocycles. The van der Waals surface area contributed by atoms with Crippen molar-refractivity contribution in [1.82, 2.24) is 4.98 Å². The number of pyridine rings is 1. The molecule has 2 rings (SSSR count). The second-order valence-electron chi connectivity index (χ2n) is 4.22. The monoisotopic (exact) mass is 282 g/mol. The van der Waals surface area contributed by atoms with Crippen LogP contribution in [0.15, 0.2) is 42.7 Å². The minimum absolute atomic E-state index is 0.365. The van der Waals surface area contributed by atoms with Crippen LogP contribution in [0.5, 0.6) is 5.75 Å². The second kappa shape index (κ2) is 5.50. The molecular weight excluding hydrogens is 269 g/mol. The van der Waals surface area contributed by atoms with Crippen LogP contribution in [0.3, 0.4) is 0 Å². The standard InChI is InChI=1S/C14H13F3N2O/c1-20-12-8-19-6-5-11(12)13(18)9-3-2-4-10(7-9)14(15,16)17/h2-8,13H,18H2,1H3. The largest absolute Gasteiger partial charge is 0.495 e. The highest BCUT2D eigenvalue weighted by Gasteiger charge is 2.31. The van der Waals surface area contributed by atoms with Crippen LogP contribution in [-0.2, 0) is 6.18 Å².